The van der Waals surface area contributed by atoms with Crippen LogP contribution < -0.4 is 10.6 Å². The molecule has 0 saturated heterocycles. The summed E-state index contributed by atoms with van der Waals surface area (Å²) in [4.78, 5) is 25.0. The Morgan fingerprint density at radius 1 is 1.20 bits per heavy atom. The van der Waals surface area contributed by atoms with Crippen LogP contribution in [0.25, 0.3) is 0 Å². The zero-order valence-electron chi connectivity index (χ0n) is 13.8. The molecule has 2 amide bonds. The van der Waals surface area contributed by atoms with Crippen LogP contribution in [-0.2, 0) is 9.59 Å². The van der Waals surface area contributed by atoms with E-state index >= 15 is 0 Å². The van der Waals surface area contributed by atoms with Gasteiger partial charge in [0, 0.05) is 28.8 Å². The summed E-state index contributed by atoms with van der Waals surface area (Å²) in [6.07, 6.45) is 3.02. The fourth-order valence-corrected chi connectivity index (χ4v) is 3.54. The fraction of sp³-hybridized carbons (Fsp3) is 0.368. The van der Waals surface area contributed by atoms with Crippen molar-refractivity contribution < 1.29 is 9.59 Å². The van der Waals surface area contributed by atoms with Gasteiger partial charge in [0.05, 0.1) is 6.04 Å². The topological polar surface area (TPSA) is 58.2 Å². The van der Waals surface area contributed by atoms with Crippen molar-refractivity contribution >= 4 is 34.8 Å². The molecule has 25 heavy (non-hydrogen) atoms. The molecule has 6 heteroatoms. The first-order chi connectivity index (χ1) is 12.1. The molecule has 132 valence electrons. The Balaban J connectivity index is 1.53. The minimum Gasteiger partial charge on any atom is -0.356 e. The van der Waals surface area contributed by atoms with Crippen LogP contribution in [0.3, 0.4) is 0 Å². The van der Waals surface area contributed by atoms with Crippen molar-refractivity contribution in [1.29, 1.82) is 0 Å². The first-order valence-corrected chi connectivity index (χ1v) is 9.75. The van der Waals surface area contributed by atoms with Crippen LogP contribution in [0, 0.1) is 5.92 Å². The van der Waals surface area contributed by atoms with Crippen molar-refractivity contribution in [1.82, 2.24) is 10.6 Å². The van der Waals surface area contributed by atoms with E-state index < -0.39 is 0 Å². The third-order valence-corrected chi connectivity index (χ3v) is 5.35. The minimum absolute atomic E-state index is 0.0194. The zero-order chi connectivity index (χ0) is 17.6. The number of carbonyl (C=O) groups is 2. The first-order valence-electron chi connectivity index (χ1n) is 8.49. The lowest BCUT2D eigenvalue weighted by Gasteiger charge is -2.18. The van der Waals surface area contributed by atoms with Crippen LogP contribution in [-0.4, -0.2) is 18.4 Å². The van der Waals surface area contributed by atoms with Crippen molar-refractivity contribution in [3.05, 3.63) is 57.2 Å². The number of hydrogen-bond donors (Lipinski definition) is 2. The Hall–Kier alpha value is -1.85. The van der Waals surface area contributed by atoms with Gasteiger partial charge in [0.1, 0.15) is 0 Å². The van der Waals surface area contributed by atoms with E-state index in [2.05, 4.69) is 10.6 Å². The number of nitrogens with one attached hydrogen (secondary N) is 2. The molecule has 1 aromatic carbocycles. The second-order valence-corrected chi connectivity index (χ2v) is 7.65. The smallest absolute Gasteiger partial charge is 0.223 e. The van der Waals surface area contributed by atoms with Gasteiger partial charge in [-0.15, -0.1) is 11.3 Å². The van der Waals surface area contributed by atoms with Crippen LogP contribution in [0.1, 0.15) is 42.2 Å². The van der Waals surface area contributed by atoms with E-state index in [1.165, 1.54) is 0 Å². The van der Waals surface area contributed by atoms with Crippen molar-refractivity contribution in [2.45, 2.75) is 31.7 Å². The van der Waals surface area contributed by atoms with Crippen molar-refractivity contribution in [3.63, 3.8) is 0 Å². The molecule has 2 N–H and O–H groups in total. The van der Waals surface area contributed by atoms with E-state index in [0.29, 0.717) is 24.4 Å². The van der Waals surface area contributed by atoms with Crippen LogP contribution in [0.15, 0.2) is 41.8 Å². The first kappa shape index (κ1) is 18.0. The van der Waals surface area contributed by atoms with Gasteiger partial charge in [-0.25, -0.2) is 0 Å². The summed E-state index contributed by atoms with van der Waals surface area (Å²) < 4.78 is 0. The highest BCUT2D eigenvalue weighted by Crippen LogP contribution is 2.29. The maximum absolute atomic E-state index is 12.3. The third-order valence-electron chi connectivity index (χ3n) is 4.16. The monoisotopic (exact) mass is 376 g/mol. The highest BCUT2D eigenvalue weighted by atomic mass is 35.5. The van der Waals surface area contributed by atoms with Crippen LogP contribution in [0.2, 0.25) is 5.02 Å². The predicted octanol–water partition coefficient (Wildman–Crippen LogP) is 3.91. The molecule has 0 unspecified atom stereocenters. The summed E-state index contributed by atoms with van der Waals surface area (Å²) in [7, 11) is 0. The van der Waals surface area contributed by atoms with Crippen molar-refractivity contribution in [2.75, 3.05) is 6.54 Å². The highest BCUT2D eigenvalue weighted by molar-refractivity contribution is 7.10. The van der Waals surface area contributed by atoms with E-state index in [9.17, 15) is 9.59 Å². The van der Waals surface area contributed by atoms with E-state index in [-0.39, 0.29) is 23.8 Å². The largest absolute Gasteiger partial charge is 0.356 e. The lowest BCUT2D eigenvalue weighted by molar-refractivity contribution is -0.123. The Labute approximate surface area is 156 Å². The molecule has 1 aliphatic rings. The van der Waals surface area contributed by atoms with E-state index in [1.807, 2.05) is 41.8 Å². The molecule has 4 nitrogen and oxygen atoms in total. The fourth-order valence-electron chi connectivity index (χ4n) is 2.61. The molecule has 1 saturated carbocycles. The Morgan fingerprint density at radius 2 is 1.96 bits per heavy atom. The van der Waals surface area contributed by atoms with E-state index in [1.54, 1.807) is 11.3 Å². The molecule has 3 rings (SSSR count). The molecule has 0 bridgehead atoms. The average Bonchev–Trinajstić information content (AvgIpc) is 3.33. The third kappa shape index (κ3) is 5.31. The zero-order valence-corrected chi connectivity index (χ0v) is 15.4. The number of amides is 2. The minimum atomic E-state index is -0.175. The van der Waals surface area contributed by atoms with Gasteiger partial charge in [-0.2, -0.15) is 0 Å². The number of carbonyl (C=O) groups excluding carboxylic acids is 2. The molecule has 2 aromatic rings. The second-order valence-electron chi connectivity index (χ2n) is 6.24. The van der Waals surface area contributed by atoms with E-state index in [4.69, 9.17) is 11.6 Å². The summed E-state index contributed by atoms with van der Waals surface area (Å²) >= 11 is 7.57. The summed E-state index contributed by atoms with van der Waals surface area (Å²) in [6.45, 7) is 0.549. The van der Waals surface area contributed by atoms with Gasteiger partial charge >= 0.3 is 0 Å². The number of halogens is 1. The van der Waals surface area contributed by atoms with Crippen molar-refractivity contribution in [3.8, 4) is 0 Å². The normalized spacial score (nSPS) is 14.8. The van der Waals surface area contributed by atoms with Gasteiger partial charge in [-0.1, -0.05) is 29.8 Å². The molecule has 1 atom stereocenters. The maximum Gasteiger partial charge on any atom is 0.223 e. The van der Waals surface area contributed by atoms with Crippen LogP contribution >= 0.6 is 22.9 Å². The molecule has 0 spiro atoms. The second kappa shape index (κ2) is 8.50. The van der Waals surface area contributed by atoms with Gasteiger partial charge in [0.25, 0.3) is 0 Å². The van der Waals surface area contributed by atoms with Crippen LogP contribution in [0.5, 0.6) is 0 Å². The lowest BCUT2D eigenvalue weighted by atomic mass is 10.1. The molecule has 1 fully saturated rings. The number of rotatable bonds is 8. The van der Waals surface area contributed by atoms with Gasteiger partial charge in [-0.3, -0.25) is 9.59 Å². The van der Waals surface area contributed by atoms with Gasteiger partial charge in [0.15, 0.2) is 0 Å². The molecule has 1 heterocycles. The molecular formula is C19H21ClN2O2S. The van der Waals surface area contributed by atoms with Crippen molar-refractivity contribution in [2.24, 2.45) is 5.92 Å². The van der Waals surface area contributed by atoms with Gasteiger partial charge < -0.3 is 10.6 Å². The molecule has 0 aliphatic heterocycles. The predicted molar refractivity (Wildman–Crippen MR) is 101 cm³/mol. The molecular weight excluding hydrogens is 356 g/mol. The molecule has 1 aliphatic carbocycles. The number of hydrogen-bond acceptors (Lipinski definition) is 3. The number of thiophene rings is 1. The number of benzene rings is 1. The SMILES string of the molecule is O=C(CCCNC(=O)C1CC1)N[C@@H](c1ccc(Cl)cc1)c1cccs1. The summed E-state index contributed by atoms with van der Waals surface area (Å²) in [6, 6.07) is 11.3. The Morgan fingerprint density at radius 3 is 2.60 bits per heavy atom. The average molecular weight is 377 g/mol. The summed E-state index contributed by atoms with van der Waals surface area (Å²) in [5.41, 5.74) is 1.00. The Kier molecular flexibility index (Phi) is 6.10. The summed E-state index contributed by atoms with van der Waals surface area (Å²) in [5.74, 6) is 0.314. The summed E-state index contributed by atoms with van der Waals surface area (Å²) in [5, 5.41) is 8.65. The van der Waals surface area contributed by atoms with E-state index in [0.717, 1.165) is 23.3 Å². The maximum atomic E-state index is 12.3. The molecule has 1 aromatic heterocycles. The van der Waals surface area contributed by atoms with Gasteiger partial charge in [0.2, 0.25) is 11.8 Å². The molecule has 0 radical (unpaired) electrons. The highest BCUT2D eigenvalue weighted by Gasteiger charge is 2.29. The lowest BCUT2D eigenvalue weighted by Crippen LogP contribution is -2.30. The quantitative estimate of drug-likeness (QED) is 0.686. The van der Waals surface area contributed by atoms with Gasteiger partial charge in [-0.05, 0) is 48.4 Å². The van der Waals surface area contributed by atoms with Crippen LogP contribution in [0.4, 0.5) is 0 Å². The Bertz CT molecular complexity index is 712. The standard InChI is InChI=1S/C19H21ClN2O2S/c20-15-9-7-13(8-10-15)18(16-3-2-12-25-16)22-17(23)4-1-11-21-19(24)14-5-6-14/h2-3,7-10,12,14,18H,1,4-6,11H2,(H,21,24)(H,22,23)/t18-/m0/s1.